The number of allylic oxidation sites excluding steroid dienone is 2. The van der Waals surface area contributed by atoms with Crippen molar-refractivity contribution in [3.8, 4) is 0 Å². The average Bonchev–Trinajstić information content (AvgIpc) is 3.38. The first kappa shape index (κ1) is 17.8. The zero-order chi connectivity index (χ0) is 19.9. The number of aryl methyl sites for hydroxylation is 2. The third kappa shape index (κ3) is 2.24. The lowest BCUT2D eigenvalue weighted by molar-refractivity contribution is -0.0569. The summed E-state index contributed by atoms with van der Waals surface area (Å²) in [6, 6.07) is 1.40. The van der Waals surface area contributed by atoms with Gasteiger partial charge in [0.25, 0.3) is 0 Å². The normalized spacial score (nSPS) is 37.0. The molecule has 0 spiro atoms. The molecule has 4 atom stereocenters. The molecule has 7 rings (SSSR count). The van der Waals surface area contributed by atoms with Crippen molar-refractivity contribution in [1.82, 2.24) is 14.8 Å². The van der Waals surface area contributed by atoms with Crippen molar-refractivity contribution in [3.05, 3.63) is 52.4 Å². The summed E-state index contributed by atoms with van der Waals surface area (Å²) in [6.45, 7) is 4.95. The molecule has 0 bridgehead atoms. The lowest BCUT2D eigenvalue weighted by atomic mass is 9.62. The van der Waals surface area contributed by atoms with E-state index in [0.717, 1.165) is 25.2 Å². The van der Waals surface area contributed by atoms with Gasteiger partial charge in [-0.1, -0.05) is 25.2 Å². The van der Waals surface area contributed by atoms with E-state index in [0.29, 0.717) is 23.5 Å². The Morgan fingerprint density at radius 3 is 2.97 bits per heavy atom. The fourth-order valence-corrected chi connectivity index (χ4v) is 7.80. The van der Waals surface area contributed by atoms with Crippen LogP contribution in [0.5, 0.6) is 0 Å². The fourth-order valence-electron chi connectivity index (χ4n) is 7.80. The van der Waals surface area contributed by atoms with E-state index in [9.17, 15) is 0 Å². The van der Waals surface area contributed by atoms with Crippen LogP contribution in [0, 0.1) is 5.41 Å². The summed E-state index contributed by atoms with van der Waals surface area (Å²) in [6.07, 6.45) is 19.3. The zero-order valence-corrected chi connectivity index (χ0v) is 18.2. The summed E-state index contributed by atoms with van der Waals surface area (Å²) in [5, 5.41) is 0. The summed E-state index contributed by atoms with van der Waals surface area (Å²) >= 11 is 0. The fraction of sp³-hybridized carbons (Fsp3) is 0.654. The molecular weight excluding hydrogens is 370 g/mol. The zero-order valence-electron chi connectivity index (χ0n) is 18.2. The Bertz CT molecular complexity index is 961. The van der Waals surface area contributed by atoms with E-state index in [4.69, 9.17) is 9.40 Å². The molecule has 2 unspecified atom stereocenters. The quantitative estimate of drug-likeness (QED) is 0.689. The summed E-state index contributed by atoms with van der Waals surface area (Å²) in [5.41, 5.74) is 6.56. The summed E-state index contributed by atoms with van der Waals surface area (Å²) in [7, 11) is 0. The highest BCUT2D eigenvalue weighted by molar-refractivity contribution is 5.53. The summed E-state index contributed by atoms with van der Waals surface area (Å²) in [5.74, 6) is 2.21. The van der Waals surface area contributed by atoms with Crippen molar-refractivity contribution >= 4 is 0 Å². The predicted octanol–water partition coefficient (Wildman–Crippen LogP) is 5.09. The van der Waals surface area contributed by atoms with E-state index in [-0.39, 0.29) is 0 Å². The molecule has 0 N–H and O–H groups in total. The third-order valence-corrected chi connectivity index (χ3v) is 9.16. The maximum Gasteiger partial charge on any atom is 0.217 e. The van der Waals surface area contributed by atoms with E-state index in [2.05, 4.69) is 35.0 Å². The molecule has 1 aromatic rings. The Balaban J connectivity index is 1.41. The standard InChI is InChI=1S/C26H33N3O/c1-2-26-13-7-14-28-15-12-18-17-8-3-5-10-20(17)29(23(18)24(26)28)21(16-26)25-27-19-9-4-6-11-22(19)30-25/h3,5,8,20-21,24H,2,4,6-7,9-16H2,1H3/t20?,21?,24-,26+/m1/s1. The molecule has 2 saturated heterocycles. The molecule has 4 heteroatoms. The number of hydrogen-bond acceptors (Lipinski definition) is 4. The minimum atomic E-state index is 0.303. The van der Waals surface area contributed by atoms with Gasteiger partial charge in [-0.15, -0.1) is 0 Å². The molecule has 4 aliphatic heterocycles. The van der Waals surface area contributed by atoms with Crippen LogP contribution in [-0.4, -0.2) is 40.0 Å². The summed E-state index contributed by atoms with van der Waals surface area (Å²) in [4.78, 5) is 10.8. The number of nitrogens with zero attached hydrogens (tertiary/aromatic N) is 3. The van der Waals surface area contributed by atoms with Gasteiger partial charge < -0.3 is 9.32 Å². The third-order valence-electron chi connectivity index (χ3n) is 9.16. The van der Waals surface area contributed by atoms with Crippen LogP contribution in [0.4, 0.5) is 0 Å². The van der Waals surface area contributed by atoms with Crippen LogP contribution in [0.15, 0.2) is 39.5 Å². The number of oxazole rings is 1. The van der Waals surface area contributed by atoms with Crippen LogP contribution in [-0.2, 0) is 12.8 Å². The van der Waals surface area contributed by atoms with Gasteiger partial charge in [0.1, 0.15) is 11.8 Å². The van der Waals surface area contributed by atoms with Crippen molar-refractivity contribution < 1.29 is 4.42 Å². The van der Waals surface area contributed by atoms with Gasteiger partial charge in [0.2, 0.25) is 5.89 Å². The average molecular weight is 404 g/mol. The topological polar surface area (TPSA) is 32.5 Å². The highest BCUT2D eigenvalue weighted by atomic mass is 16.4. The van der Waals surface area contributed by atoms with Crippen LogP contribution in [0.2, 0.25) is 0 Å². The van der Waals surface area contributed by atoms with Crippen LogP contribution in [0.3, 0.4) is 0 Å². The maximum atomic E-state index is 6.56. The highest BCUT2D eigenvalue weighted by Gasteiger charge is 2.59. The van der Waals surface area contributed by atoms with Gasteiger partial charge >= 0.3 is 0 Å². The molecular formula is C26H33N3O. The minimum Gasteiger partial charge on any atom is -0.443 e. The van der Waals surface area contributed by atoms with Gasteiger partial charge in [-0.3, -0.25) is 4.90 Å². The second-order valence-electron chi connectivity index (χ2n) is 10.4. The van der Waals surface area contributed by atoms with Gasteiger partial charge in [0.05, 0.1) is 17.8 Å². The Hall–Kier alpha value is -1.81. The first-order valence-electron chi connectivity index (χ1n) is 12.4. The SMILES string of the molecule is CC[C@@]12CCCN3CCC4=C([C@@H]31)N(C1CC=CC=C41)C(c1nc3c(o1)CCCC3)C2. The monoisotopic (exact) mass is 403 g/mol. The van der Waals surface area contributed by atoms with Gasteiger partial charge in [-0.25, -0.2) is 4.98 Å². The van der Waals surface area contributed by atoms with E-state index < -0.39 is 0 Å². The second-order valence-corrected chi connectivity index (χ2v) is 10.4. The van der Waals surface area contributed by atoms with Gasteiger partial charge in [0, 0.05) is 18.7 Å². The molecule has 0 radical (unpaired) electrons. The summed E-state index contributed by atoms with van der Waals surface area (Å²) < 4.78 is 6.56. The van der Waals surface area contributed by atoms with Crippen molar-refractivity contribution in [2.45, 2.75) is 89.3 Å². The lowest BCUT2D eigenvalue weighted by Crippen LogP contribution is -2.61. The minimum absolute atomic E-state index is 0.303. The number of aromatic nitrogens is 1. The number of fused-ring (bicyclic) bond motifs is 4. The second kappa shape index (κ2) is 6.35. The van der Waals surface area contributed by atoms with Crippen LogP contribution in [0.1, 0.15) is 81.7 Å². The van der Waals surface area contributed by atoms with Gasteiger partial charge in [0.15, 0.2) is 0 Å². The maximum absolute atomic E-state index is 6.56. The molecule has 4 nitrogen and oxygen atoms in total. The molecule has 6 aliphatic rings. The van der Waals surface area contributed by atoms with E-state index in [1.165, 1.54) is 69.5 Å². The van der Waals surface area contributed by atoms with Crippen LogP contribution < -0.4 is 0 Å². The van der Waals surface area contributed by atoms with Crippen molar-refractivity contribution in [2.75, 3.05) is 13.1 Å². The number of piperidine rings is 2. The van der Waals surface area contributed by atoms with E-state index >= 15 is 0 Å². The van der Waals surface area contributed by atoms with Crippen LogP contribution >= 0.6 is 0 Å². The first-order chi connectivity index (χ1) is 14.8. The Morgan fingerprint density at radius 2 is 2.07 bits per heavy atom. The molecule has 2 aliphatic carbocycles. The Morgan fingerprint density at radius 1 is 1.13 bits per heavy atom. The molecule has 1 aromatic heterocycles. The number of rotatable bonds is 2. The van der Waals surface area contributed by atoms with Gasteiger partial charge in [-0.2, -0.15) is 0 Å². The highest BCUT2D eigenvalue weighted by Crippen LogP contribution is 2.61. The molecule has 30 heavy (non-hydrogen) atoms. The lowest BCUT2D eigenvalue weighted by Gasteiger charge is -2.59. The molecule has 0 aromatic carbocycles. The largest absolute Gasteiger partial charge is 0.443 e. The molecule has 0 saturated carbocycles. The molecule has 2 fully saturated rings. The Labute approximate surface area is 179 Å². The van der Waals surface area contributed by atoms with E-state index in [1.54, 1.807) is 16.8 Å². The number of hydrogen-bond donors (Lipinski definition) is 0. The van der Waals surface area contributed by atoms with E-state index in [1.807, 2.05) is 0 Å². The van der Waals surface area contributed by atoms with Crippen molar-refractivity contribution in [3.63, 3.8) is 0 Å². The Kier molecular flexibility index (Phi) is 3.77. The van der Waals surface area contributed by atoms with Gasteiger partial charge in [-0.05, 0) is 80.9 Å². The molecule has 0 amide bonds. The first-order valence-corrected chi connectivity index (χ1v) is 12.4. The smallest absolute Gasteiger partial charge is 0.217 e. The molecule has 5 heterocycles. The molecule has 158 valence electrons. The van der Waals surface area contributed by atoms with Crippen molar-refractivity contribution in [1.29, 1.82) is 0 Å². The van der Waals surface area contributed by atoms with Crippen LogP contribution in [0.25, 0.3) is 0 Å². The predicted molar refractivity (Wildman–Crippen MR) is 117 cm³/mol. The van der Waals surface area contributed by atoms with Crippen molar-refractivity contribution in [2.24, 2.45) is 5.41 Å².